The Bertz CT molecular complexity index is 376. The summed E-state index contributed by atoms with van der Waals surface area (Å²) in [5.41, 5.74) is 10.6. The van der Waals surface area contributed by atoms with Crippen LogP contribution in [-0.4, -0.2) is 17.7 Å². The van der Waals surface area contributed by atoms with Crippen LogP contribution < -0.4 is 11.5 Å². The van der Waals surface area contributed by atoms with E-state index in [2.05, 4.69) is 0 Å². The van der Waals surface area contributed by atoms with E-state index in [0.29, 0.717) is 0 Å². The van der Waals surface area contributed by atoms with Crippen molar-refractivity contribution in [3.63, 3.8) is 0 Å². The fourth-order valence-corrected chi connectivity index (χ4v) is 1.14. The summed E-state index contributed by atoms with van der Waals surface area (Å²) in [5, 5.41) is 0. The highest BCUT2D eigenvalue weighted by Gasteiger charge is 2.17. The predicted molar refractivity (Wildman–Crippen MR) is 52.5 cm³/mol. The first-order valence-electron chi connectivity index (χ1n) is 4.34. The number of halogens is 1. The lowest BCUT2D eigenvalue weighted by molar-refractivity contribution is -0.118. The lowest BCUT2D eigenvalue weighted by atomic mass is 10.0. The third-order valence-electron chi connectivity index (χ3n) is 1.89. The highest BCUT2D eigenvalue weighted by atomic mass is 19.1. The Morgan fingerprint density at radius 3 is 2.27 bits per heavy atom. The number of ketones is 1. The van der Waals surface area contributed by atoms with Gasteiger partial charge in [0.2, 0.25) is 5.91 Å². The molecule has 0 aliphatic rings. The van der Waals surface area contributed by atoms with Crippen molar-refractivity contribution in [1.82, 2.24) is 0 Å². The second-order valence-corrected chi connectivity index (χ2v) is 3.15. The van der Waals surface area contributed by atoms with Crippen molar-refractivity contribution in [3.05, 3.63) is 35.6 Å². The summed E-state index contributed by atoms with van der Waals surface area (Å²) >= 11 is 0. The van der Waals surface area contributed by atoms with E-state index >= 15 is 0 Å². The van der Waals surface area contributed by atoms with Crippen LogP contribution in [0.25, 0.3) is 0 Å². The standard InChI is InChI=1S/C10H11FN2O2/c11-7-3-1-6(2-4-7)10(15)8(12)5-9(13)14/h1-4,8H,5,12H2,(H2,13,14). The van der Waals surface area contributed by atoms with Gasteiger partial charge in [0.1, 0.15) is 5.82 Å². The van der Waals surface area contributed by atoms with E-state index in [-0.39, 0.29) is 12.0 Å². The molecule has 1 amide bonds. The van der Waals surface area contributed by atoms with E-state index in [1.807, 2.05) is 0 Å². The van der Waals surface area contributed by atoms with E-state index in [4.69, 9.17) is 11.5 Å². The number of carbonyl (C=O) groups excluding carboxylic acids is 2. The number of primary amides is 1. The van der Waals surface area contributed by atoms with Crippen molar-refractivity contribution in [2.45, 2.75) is 12.5 Å². The van der Waals surface area contributed by atoms with Crippen LogP contribution in [0.15, 0.2) is 24.3 Å². The van der Waals surface area contributed by atoms with Crippen LogP contribution in [0.5, 0.6) is 0 Å². The molecule has 0 spiro atoms. The molecule has 80 valence electrons. The summed E-state index contributed by atoms with van der Waals surface area (Å²) in [6.45, 7) is 0. The molecule has 0 aliphatic heterocycles. The Hall–Kier alpha value is -1.75. The maximum absolute atomic E-state index is 12.5. The Balaban J connectivity index is 2.76. The number of amides is 1. The molecule has 0 aliphatic carbocycles. The number of hydrogen-bond donors (Lipinski definition) is 2. The number of carbonyl (C=O) groups is 2. The molecule has 0 saturated carbocycles. The minimum atomic E-state index is -0.965. The Morgan fingerprint density at radius 2 is 1.80 bits per heavy atom. The average molecular weight is 210 g/mol. The molecule has 0 heterocycles. The molecular formula is C10H11FN2O2. The Morgan fingerprint density at radius 1 is 1.27 bits per heavy atom. The molecular weight excluding hydrogens is 199 g/mol. The highest BCUT2D eigenvalue weighted by molar-refractivity contribution is 6.01. The smallest absolute Gasteiger partial charge is 0.219 e. The first-order chi connectivity index (χ1) is 7.00. The summed E-state index contributed by atoms with van der Waals surface area (Å²) in [6.07, 6.45) is -0.212. The molecule has 1 aromatic rings. The van der Waals surface area contributed by atoms with Crippen LogP contribution in [0.4, 0.5) is 4.39 Å². The van der Waals surface area contributed by atoms with Gasteiger partial charge in [-0.2, -0.15) is 0 Å². The third kappa shape index (κ3) is 3.14. The van der Waals surface area contributed by atoms with Crippen molar-refractivity contribution in [3.8, 4) is 0 Å². The van der Waals surface area contributed by atoms with Gasteiger partial charge < -0.3 is 11.5 Å². The van der Waals surface area contributed by atoms with E-state index in [1.54, 1.807) is 0 Å². The van der Waals surface area contributed by atoms with Crippen molar-refractivity contribution in [2.24, 2.45) is 11.5 Å². The SMILES string of the molecule is NC(=O)CC(N)C(=O)c1ccc(F)cc1. The fourth-order valence-electron chi connectivity index (χ4n) is 1.14. The molecule has 0 bridgehead atoms. The summed E-state index contributed by atoms with van der Waals surface area (Å²) in [4.78, 5) is 22.1. The molecule has 0 fully saturated rings. The second-order valence-electron chi connectivity index (χ2n) is 3.15. The van der Waals surface area contributed by atoms with Gasteiger partial charge in [0.15, 0.2) is 5.78 Å². The van der Waals surface area contributed by atoms with Crippen LogP contribution >= 0.6 is 0 Å². The molecule has 4 nitrogen and oxygen atoms in total. The summed E-state index contributed by atoms with van der Waals surface area (Å²) in [7, 11) is 0. The average Bonchev–Trinajstić information content (AvgIpc) is 2.17. The molecule has 15 heavy (non-hydrogen) atoms. The minimum Gasteiger partial charge on any atom is -0.370 e. The Kier molecular flexibility index (Phi) is 3.51. The zero-order chi connectivity index (χ0) is 11.4. The van der Waals surface area contributed by atoms with E-state index in [9.17, 15) is 14.0 Å². The first-order valence-corrected chi connectivity index (χ1v) is 4.34. The zero-order valence-electron chi connectivity index (χ0n) is 7.94. The lowest BCUT2D eigenvalue weighted by Crippen LogP contribution is -2.35. The molecule has 1 unspecified atom stereocenters. The number of rotatable bonds is 4. The van der Waals surface area contributed by atoms with Crippen LogP contribution in [-0.2, 0) is 4.79 Å². The van der Waals surface area contributed by atoms with Gasteiger partial charge in [-0.05, 0) is 24.3 Å². The maximum Gasteiger partial charge on any atom is 0.219 e. The lowest BCUT2D eigenvalue weighted by Gasteiger charge is -2.07. The monoisotopic (exact) mass is 210 g/mol. The van der Waals surface area contributed by atoms with Gasteiger partial charge in [-0.25, -0.2) is 4.39 Å². The normalized spacial score (nSPS) is 12.1. The first kappa shape index (κ1) is 11.3. The van der Waals surface area contributed by atoms with Crippen molar-refractivity contribution >= 4 is 11.7 Å². The number of nitrogens with two attached hydrogens (primary N) is 2. The van der Waals surface area contributed by atoms with Crippen molar-refractivity contribution in [2.75, 3.05) is 0 Å². The van der Waals surface area contributed by atoms with Gasteiger partial charge in [0.05, 0.1) is 6.04 Å². The molecule has 5 heteroatoms. The largest absolute Gasteiger partial charge is 0.370 e. The van der Waals surface area contributed by atoms with Gasteiger partial charge >= 0.3 is 0 Å². The van der Waals surface area contributed by atoms with E-state index in [0.717, 1.165) is 12.1 Å². The molecule has 4 N–H and O–H groups in total. The van der Waals surface area contributed by atoms with Crippen LogP contribution in [0.3, 0.4) is 0 Å². The van der Waals surface area contributed by atoms with Gasteiger partial charge in [-0.15, -0.1) is 0 Å². The molecule has 0 aromatic heterocycles. The van der Waals surface area contributed by atoms with Gasteiger partial charge in [-0.3, -0.25) is 9.59 Å². The molecule has 0 radical (unpaired) electrons. The van der Waals surface area contributed by atoms with Gasteiger partial charge in [-0.1, -0.05) is 0 Å². The van der Waals surface area contributed by atoms with Crippen LogP contribution in [0.2, 0.25) is 0 Å². The summed E-state index contributed by atoms with van der Waals surface area (Å²) in [5.74, 6) is -1.50. The predicted octanol–water partition coefficient (Wildman–Crippen LogP) is 0.211. The van der Waals surface area contributed by atoms with Crippen molar-refractivity contribution < 1.29 is 14.0 Å². The number of Topliss-reactive ketones (excluding diaryl/α,β-unsaturated/α-hetero) is 1. The summed E-state index contributed by atoms with van der Waals surface area (Å²) in [6, 6.07) is 3.99. The van der Waals surface area contributed by atoms with E-state index < -0.39 is 23.5 Å². The second kappa shape index (κ2) is 4.65. The van der Waals surface area contributed by atoms with Gasteiger partial charge in [0, 0.05) is 12.0 Å². The fraction of sp³-hybridized carbons (Fsp3) is 0.200. The Labute approximate surface area is 86.1 Å². The number of hydrogen-bond acceptors (Lipinski definition) is 3. The quantitative estimate of drug-likeness (QED) is 0.696. The molecule has 1 aromatic carbocycles. The van der Waals surface area contributed by atoms with E-state index in [1.165, 1.54) is 12.1 Å². The van der Waals surface area contributed by atoms with Crippen LogP contribution in [0.1, 0.15) is 16.8 Å². The topological polar surface area (TPSA) is 86.2 Å². The molecule has 0 saturated heterocycles. The maximum atomic E-state index is 12.5. The van der Waals surface area contributed by atoms with Crippen molar-refractivity contribution in [1.29, 1.82) is 0 Å². The minimum absolute atomic E-state index is 0.212. The van der Waals surface area contributed by atoms with Gasteiger partial charge in [0.25, 0.3) is 0 Å². The third-order valence-corrected chi connectivity index (χ3v) is 1.89. The molecule has 1 rings (SSSR count). The number of benzene rings is 1. The summed E-state index contributed by atoms with van der Waals surface area (Å²) < 4.78 is 12.5. The zero-order valence-corrected chi connectivity index (χ0v) is 7.94. The highest BCUT2D eigenvalue weighted by Crippen LogP contribution is 2.06. The van der Waals surface area contributed by atoms with Crippen LogP contribution in [0, 0.1) is 5.82 Å². The molecule has 1 atom stereocenters.